The van der Waals surface area contributed by atoms with Crippen LogP contribution in [-0.2, 0) is 0 Å². The van der Waals surface area contributed by atoms with E-state index >= 15 is 0 Å². The molecule has 0 aliphatic heterocycles. The van der Waals surface area contributed by atoms with Crippen LogP contribution in [0.25, 0.3) is 0 Å². The molecule has 0 fully saturated rings. The molecule has 0 aliphatic carbocycles. The monoisotopic (exact) mass is 274 g/mol. The third-order valence-corrected chi connectivity index (χ3v) is 2.99. The minimum absolute atomic E-state index is 0.155. The van der Waals surface area contributed by atoms with E-state index in [0.29, 0.717) is 17.3 Å². The smallest absolute Gasteiger partial charge is 0.297 e. The van der Waals surface area contributed by atoms with Gasteiger partial charge in [-0.2, -0.15) is 0 Å². The van der Waals surface area contributed by atoms with E-state index in [9.17, 15) is 4.79 Å². The van der Waals surface area contributed by atoms with Crippen LogP contribution in [-0.4, -0.2) is 35.2 Å². The first kappa shape index (κ1) is 14.0. The first-order valence-electron chi connectivity index (χ1n) is 6.38. The number of anilines is 1. The Morgan fingerprint density at radius 2 is 2.05 bits per heavy atom. The van der Waals surface area contributed by atoms with Crippen LogP contribution in [0.3, 0.4) is 0 Å². The Morgan fingerprint density at radius 3 is 2.65 bits per heavy atom. The van der Waals surface area contributed by atoms with Gasteiger partial charge in [0.15, 0.2) is 0 Å². The van der Waals surface area contributed by atoms with Crippen molar-refractivity contribution in [3.05, 3.63) is 35.9 Å². The lowest BCUT2D eigenvalue weighted by molar-refractivity contribution is 0.0983. The molecular formula is C14H18N4O2. The summed E-state index contributed by atoms with van der Waals surface area (Å²) >= 11 is 0. The van der Waals surface area contributed by atoms with Gasteiger partial charge in [-0.05, 0) is 12.1 Å². The highest BCUT2D eigenvalue weighted by atomic mass is 16.5. The summed E-state index contributed by atoms with van der Waals surface area (Å²) in [6.45, 7) is 3.97. The lowest BCUT2D eigenvalue weighted by Gasteiger charge is -2.18. The molecule has 106 valence electrons. The molecule has 6 heteroatoms. The second kappa shape index (κ2) is 5.73. The summed E-state index contributed by atoms with van der Waals surface area (Å²) in [5.41, 5.74) is 0.677. The molecule has 0 saturated carbocycles. The molecule has 1 heterocycles. The molecule has 0 aliphatic rings. The Morgan fingerprint density at radius 1 is 1.35 bits per heavy atom. The highest BCUT2D eigenvalue weighted by Gasteiger charge is 2.21. The molecular weight excluding hydrogens is 256 g/mol. The van der Waals surface area contributed by atoms with Crippen LogP contribution in [0.1, 0.15) is 36.2 Å². The van der Waals surface area contributed by atoms with Gasteiger partial charge in [-0.3, -0.25) is 9.89 Å². The summed E-state index contributed by atoms with van der Waals surface area (Å²) < 4.78 is 5.25. The van der Waals surface area contributed by atoms with Gasteiger partial charge < -0.3 is 9.64 Å². The zero-order chi connectivity index (χ0) is 14.7. The molecule has 1 aromatic heterocycles. The fourth-order valence-electron chi connectivity index (χ4n) is 1.79. The van der Waals surface area contributed by atoms with Gasteiger partial charge in [0.1, 0.15) is 11.6 Å². The van der Waals surface area contributed by atoms with Gasteiger partial charge in [-0.1, -0.05) is 26.0 Å². The maximum absolute atomic E-state index is 12.4. The molecule has 1 amide bonds. The van der Waals surface area contributed by atoms with E-state index in [0.717, 1.165) is 0 Å². The summed E-state index contributed by atoms with van der Waals surface area (Å²) in [6, 6.07) is 7.31. The maximum Gasteiger partial charge on any atom is 0.297 e. The van der Waals surface area contributed by atoms with E-state index in [1.165, 1.54) is 4.90 Å². The number of aromatic amines is 1. The number of aromatic nitrogens is 3. The van der Waals surface area contributed by atoms with Crippen molar-refractivity contribution in [3.8, 4) is 5.75 Å². The van der Waals surface area contributed by atoms with Crippen LogP contribution >= 0.6 is 0 Å². The van der Waals surface area contributed by atoms with Gasteiger partial charge in [0.2, 0.25) is 5.82 Å². The lowest BCUT2D eigenvalue weighted by Crippen LogP contribution is -2.27. The topological polar surface area (TPSA) is 71.1 Å². The molecule has 0 unspecified atom stereocenters. The van der Waals surface area contributed by atoms with Crippen molar-refractivity contribution < 1.29 is 9.53 Å². The molecule has 0 spiro atoms. The van der Waals surface area contributed by atoms with Gasteiger partial charge in [0, 0.05) is 13.0 Å². The molecule has 20 heavy (non-hydrogen) atoms. The average Bonchev–Trinajstić information content (AvgIpc) is 2.95. The SMILES string of the molecule is COc1ccccc1N(C)C(=O)c1n[nH]c(C(C)C)n1. The molecule has 0 radical (unpaired) electrons. The van der Waals surface area contributed by atoms with Crippen molar-refractivity contribution >= 4 is 11.6 Å². The van der Waals surface area contributed by atoms with Crippen LogP contribution in [0.2, 0.25) is 0 Å². The lowest BCUT2D eigenvalue weighted by atomic mass is 10.2. The molecule has 0 atom stereocenters. The highest BCUT2D eigenvalue weighted by Crippen LogP contribution is 2.27. The van der Waals surface area contributed by atoms with Gasteiger partial charge in [0.25, 0.3) is 5.91 Å². The Kier molecular flexibility index (Phi) is 4.02. The first-order chi connectivity index (χ1) is 9.54. The third kappa shape index (κ3) is 2.64. The van der Waals surface area contributed by atoms with E-state index in [1.54, 1.807) is 20.2 Å². The van der Waals surface area contributed by atoms with E-state index in [-0.39, 0.29) is 17.6 Å². The van der Waals surface area contributed by atoms with Crippen molar-refractivity contribution in [2.24, 2.45) is 0 Å². The number of H-pyrrole nitrogens is 1. The van der Waals surface area contributed by atoms with Gasteiger partial charge in [0.05, 0.1) is 12.8 Å². The minimum atomic E-state index is -0.280. The Hall–Kier alpha value is -2.37. The maximum atomic E-state index is 12.4. The van der Waals surface area contributed by atoms with Gasteiger partial charge in [-0.25, -0.2) is 4.98 Å². The van der Waals surface area contributed by atoms with Crippen molar-refractivity contribution in [2.75, 3.05) is 19.1 Å². The number of ether oxygens (including phenoxy) is 1. The fraction of sp³-hybridized carbons (Fsp3) is 0.357. The van der Waals surface area contributed by atoms with E-state index in [1.807, 2.05) is 32.0 Å². The zero-order valence-corrected chi connectivity index (χ0v) is 12.0. The van der Waals surface area contributed by atoms with Crippen molar-refractivity contribution in [2.45, 2.75) is 19.8 Å². The van der Waals surface area contributed by atoms with Crippen molar-refractivity contribution in [1.29, 1.82) is 0 Å². The number of rotatable bonds is 4. The minimum Gasteiger partial charge on any atom is -0.495 e. The van der Waals surface area contributed by atoms with E-state index < -0.39 is 0 Å². The van der Waals surface area contributed by atoms with Crippen LogP contribution in [0.5, 0.6) is 5.75 Å². The Bertz CT molecular complexity index is 607. The number of benzene rings is 1. The molecule has 0 saturated heterocycles. The molecule has 6 nitrogen and oxygen atoms in total. The average molecular weight is 274 g/mol. The molecule has 2 rings (SSSR count). The van der Waals surface area contributed by atoms with Crippen molar-refractivity contribution in [3.63, 3.8) is 0 Å². The Balaban J connectivity index is 2.27. The Labute approximate surface area is 117 Å². The normalized spacial score (nSPS) is 10.7. The number of carbonyl (C=O) groups excluding carboxylic acids is 1. The number of hydrogen-bond donors (Lipinski definition) is 1. The molecule has 0 bridgehead atoms. The van der Waals surface area contributed by atoms with Gasteiger partial charge in [-0.15, -0.1) is 5.10 Å². The van der Waals surface area contributed by atoms with Crippen LogP contribution in [0.15, 0.2) is 24.3 Å². The molecule has 1 N–H and O–H groups in total. The second-order valence-electron chi connectivity index (χ2n) is 4.73. The largest absolute Gasteiger partial charge is 0.495 e. The van der Waals surface area contributed by atoms with Crippen LogP contribution in [0, 0.1) is 0 Å². The number of nitrogens with zero attached hydrogens (tertiary/aromatic N) is 3. The summed E-state index contributed by atoms with van der Waals surface area (Å²) in [7, 11) is 3.24. The number of carbonyl (C=O) groups is 1. The number of hydrogen-bond acceptors (Lipinski definition) is 4. The van der Waals surface area contributed by atoms with E-state index in [2.05, 4.69) is 15.2 Å². The summed E-state index contributed by atoms with van der Waals surface area (Å²) in [4.78, 5) is 18.1. The van der Waals surface area contributed by atoms with Crippen molar-refractivity contribution in [1.82, 2.24) is 15.2 Å². The number of methoxy groups -OCH3 is 1. The molecule has 2 aromatic rings. The fourth-order valence-corrected chi connectivity index (χ4v) is 1.79. The van der Waals surface area contributed by atoms with Gasteiger partial charge >= 0.3 is 0 Å². The standard InChI is InChI=1S/C14H18N4O2/c1-9(2)12-15-13(17-16-12)14(19)18(3)10-7-5-6-8-11(10)20-4/h5-9H,1-4H3,(H,15,16,17). The first-order valence-corrected chi connectivity index (χ1v) is 6.38. The van der Waals surface area contributed by atoms with E-state index in [4.69, 9.17) is 4.74 Å². The summed E-state index contributed by atoms with van der Waals surface area (Å²) in [6.07, 6.45) is 0. The van der Waals surface area contributed by atoms with Crippen LogP contribution < -0.4 is 9.64 Å². The number of para-hydroxylation sites is 2. The number of nitrogens with one attached hydrogen (secondary N) is 1. The predicted octanol–water partition coefficient (Wildman–Crippen LogP) is 2.21. The quantitative estimate of drug-likeness (QED) is 0.928. The highest BCUT2D eigenvalue weighted by molar-refractivity contribution is 6.03. The van der Waals surface area contributed by atoms with Crippen LogP contribution in [0.4, 0.5) is 5.69 Å². The zero-order valence-electron chi connectivity index (χ0n) is 12.0. The predicted molar refractivity (Wildman–Crippen MR) is 76.2 cm³/mol. The summed E-state index contributed by atoms with van der Waals surface area (Å²) in [5, 5.41) is 6.75. The molecule has 1 aromatic carbocycles. The third-order valence-electron chi connectivity index (χ3n) is 2.99. The summed E-state index contributed by atoms with van der Waals surface area (Å²) in [5.74, 6) is 1.39. The number of amides is 1. The second-order valence-corrected chi connectivity index (χ2v) is 4.73.